The third kappa shape index (κ3) is 4.38. The molecule has 1 aromatic carbocycles. The van der Waals surface area contributed by atoms with Crippen LogP contribution in [-0.2, 0) is 16.6 Å². The summed E-state index contributed by atoms with van der Waals surface area (Å²) >= 11 is 5.86. The molecule has 0 spiro atoms. The lowest BCUT2D eigenvalue weighted by atomic mass is 10.2. The molecule has 3 heterocycles. The van der Waals surface area contributed by atoms with Crippen LogP contribution in [0.15, 0.2) is 60.0 Å². The third-order valence-corrected chi connectivity index (χ3v) is 7.00. The van der Waals surface area contributed by atoms with Gasteiger partial charge in [-0.1, -0.05) is 23.7 Å². The standard InChI is InChI=1S/C20H20ClN5O3S/c21-16-5-3-15(4-6-16)11-23-20(27)18-13-25(14-24-18)19-8-7-17(12-22-19)30(28,29)26-9-1-2-10-26/h3-8,12-14H,1-2,9-11H2,(H,23,27). The zero-order chi connectivity index (χ0) is 21.1. The number of aromatic nitrogens is 3. The van der Waals surface area contributed by atoms with Gasteiger partial charge in [-0.25, -0.2) is 18.4 Å². The van der Waals surface area contributed by atoms with Crippen molar-refractivity contribution in [2.24, 2.45) is 0 Å². The number of hydrogen-bond donors (Lipinski definition) is 1. The molecule has 0 radical (unpaired) electrons. The fourth-order valence-electron chi connectivity index (χ4n) is 3.20. The summed E-state index contributed by atoms with van der Waals surface area (Å²) in [5, 5.41) is 3.43. The first-order valence-electron chi connectivity index (χ1n) is 9.47. The van der Waals surface area contributed by atoms with Gasteiger partial charge in [0.25, 0.3) is 5.91 Å². The maximum absolute atomic E-state index is 12.6. The van der Waals surface area contributed by atoms with E-state index in [2.05, 4.69) is 15.3 Å². The maximum Gasteiger partial charge on any atom is 0.271 e. The fraction of sp³-hybridized carbons (Fsp3) is 0.250. The van der Waals surface area contributed by atoms with E-state index in [-0.39, 0.29) is 16.5 Å². The van der Waals surface area contributed by atoms with Crippen LogP contribution in [0.5, 0.6) is 0 Å². The van der Waals surface area contributed by atoms with Crippen molar-refractivity contribution in [3.63, 3.8) is 0 Å². The van der Waals surface area contributed by atoms with E-state index >= 15 is 0 Å². The van der Waals surface area contributed by atoms with Crippen molar-refractivity contribution in [2.75, 3.05) is 13.1 Å². The van der Waals surface area contributed by atoms with Gasteiger partial charge in [-0.15, -0.1) is 0 Å². The smallest absolute Gasteiger partial charge is 0.271 e. The topological polar surface area (TPSA) is 97.2 Å². The number of pyridine rings is 1. The van der Waals surface area contributed by atoms with Crippen LogP contribution in [0.2, 0.25) is 5.02 Å². The van der Waals surface area contributed by atoms with Gasteiger partial charge in [0.2, 0.25) is 10.0 Å². The molecule has 3 aromatic rings. The van der Waals surface area contributed by atoms with E-state index in [1.54, 1.807) is 29.0 Å². The predicted molar refractivity (Wildman–Crippen MR) is 112 cm³/mol. The lowest BCUT2D eigenvalue weighted by Gasteiger charge is -2.15. The second-order valence-corrected chi connectivity index (χ2v) is 9.31. The quantitative estimate of drug-likeness (QED) is 0.629. The number of imidazole rings is 1. The summed E-state index contributed by atoms with van der Waals surface area (Å²) < 4.78 is 28.2. The summed E-state index contributed by atoms with van der Waals surface area (Å²) in [6, 6.07) is 10.3. The molecule has 2 aromatic heterocycles. The highest BCUT2D eigenvalue weighted by Crippen LogP contribution is 2.21. The number of carbonyl (C=O) groups is 1. The van der Waals surface area contributed by atoms with Crippen LogP contribution >= 0.6 is 11.6 Å². The van der Waals surface area contributed by atoms with E-state index < -0.39 is 10.0 Å². The normalized spacial score (nSPS) is 14.7. The summed E-state index contributed by atoms with van der Waals surface area (Å²) in [6.07, 6.45) is 6.11. The van der Waals surface area contributed by atoms with E-state index in [4.69, 9.17) is 11.6 Å². The predicted octanol–water partition coefficient (Wildman–Crippen LogP) is 2.64. The molecule has 30 heavy (non-hydrogen) atoms. The van der Waals surface area contributed by atoms with Crippen LogP contribution in [0.4, 0.5) is 0 Å². The van der Waals surface area contributed by atoms with Gasteiger partial charge in [0.1, 0.15) is 22.7 Å². The minimum atomic E-state index is -3.51. The summed E-state index contributed by atoms with van der Waals surface area (Å²) in [4.78, 5) is 20.9. The Morgan fingerprint density at radius 2 is 1.80 bits per heavy atom. The molecule has 1 amide bonds. The first-order chi connectivity index (χ1) is 14.4. The van der Waals surface area contributed by atoms with E-state index in [0.29, 0.717) is 30.5 Å². The molecule has 1 aliphatic heterocycles. The van der Waals surface area contributed by atoms with E-state index in [1.165, 1.54) is 22.9 Å². The molecule has 0 unspecified atom stereocenters. The highest BCUT2D eigenvalue weighted by atomic mass is 35.5. The Morgan fingerprint density at radius 1 is 1.07 bits per heavy atom. The molecule has 1 N–H and O–H groups in total. The fourth-order valence-corrected chi connectivity index (χ4v) is 4.78. The highest BCUT2D eigenvalue weighted by Gasteiger charge is 2.27. The molecule has 156 valence electrons. The van der Waals surface area contributed by atoms with E-state index in [1.807, 2.05) is 12.1 Å². The Labute approximate surface area is 179 Å². The van der Waals surface area contributed by atoms with Gasteiger partial charge >= 0.3 is 0 Å². The number of nitrogens with zero attached hydrogens (tertiary/aromatic N) is 4. The van der Waals surface area contributed by atoms with Crippen LogP contribution in [0.1, 0.15) is 28.9 Å². The Hall–Kier alpha value is -2.75. The van der Waals surface area contributed by atoms with Crippen molar-refractivity contribution in [3.8, 4) is 5.82 Å². The Bertz CT molecular complexity index is 1140. The number of hydrogen-bond acceptors (Lipinski definition) is 5. The molecular formula is C20H20ClN5O3S. The molecule has 0 atom stereocenters. The summed E-state index contributed by atoms with van der Waals surface area (Å²) in [5.74, 6) is 0.150. The van der Waals surface area contributed by atoms with Crippen molar-refractivity contribution < 1.29 is 13.2 Å². The lowest BCUT2D eigenvalue weighted by molar-refractivity contribution is 0.0946. The molecule has 1 saturated heterocycles. The second-order valence-electron chi connectivity index (χ2n) is 6.94. The number of nitrogens with one attached hydrogen (secondary N) is 1. The largest absolute Gasteiger partial charge is 0.347 e. The van der Waals surface area contributed by atoms with Gasteiger partial charge in [-0.2, -0.15) is 4.31 Å². The van der Waals surface area contributed by atoms with Crippen LogP contribution in [0, 0.1) is 0 Å². The van der Waals surface area contributed by atoms with Crippen LogP contribution in [0.3, 0.4) is 0 Å². The number of rotatable bonds is 6. The van der Waals surface area contributed by atoms with Crippen LogP contribution in [-0.4, -0.2) is 46.3 Å². The lowest BCUT2D eigenvalue weighted by Crippen LogP contribution is -2.27. The van der Waals surface area contributed by atoms with Crippen LogP contribution < -0.4 is 5.32 Å². The summed E-state index contributed by atoms with van der Waals surface area (Å²) in [7, 11) is -3.51. The van der Waals surface area contributed by atoms with Gasteiger partial charge in [-0.3, -0.25) is 9.36 Å². The molecular weight excluding hydrogens is 426 g/mol. The second kappa shape index (κ2) is 8.55. The van der Waals surface area contributed by atoms with E-state index in [9.17, 15) is 13.2 Å². The molecule has 0 bridgehead atoms. The monoisotopic (exact) mass is 445 g/mol. The molecule has 0 aliphatic carbocycles. The van der Waals surface area contributed by atoms with Crippen molar-refractivity contribution in [1.29, 1.82) is 0 Å². The van der Waals surface area contributed by atoms with Gasteiger partial charge in [-0.05, 0) is 42.7 Å². The number of benzene rings is 1. The SMILES string of the molecule is O=C(NCc1ccc(Cl)cc1)c1cn(-c2ccc(S(=O)(=O)N3CCCC3)cn2)cn1. The molecule has 1 fully saturated rings. The maximum atomic E-state index is 12.6. The molecule has 4 rings (SSSR count). The van der Waals surface area contributed by atoms with Gasteiger partial charge < -0.3 is 5.32 Å². The molecule has 1 aliphatic rings. The van der Waals surface area contributed by atoms with Crippen molar-refractivity contribution in [1.82, 2.24) is 24.2 Å². The molecule has 10 heteroatoms. The van der Waals surface area contributed by atoms with Gasteiger partial charge in [0.15, 0.2) is 0 Å². The first kappa shape index (κ1) is 20.5. The molecule has 8 nitrogen and oxygen atoms in total. The minimum Gasteiger partial charge on any atom is -0.347 e. The number of amides is 1. The zero-order valence-corrected chi connectivity index (χ0v) is 17.6. The minimum absolute atomic E-state index is 0.161. The van der Waals surface area contributed by atoms with Gasteiger partial charge in [0.05, 0.1) is 0 Å². The zero-order valence-electron chi connectivity index (χ0n) is 16.0. The highest BCUT2D eigenvalue weighted by molar-refractivity contribution is 7.89. The first-order valence-corrected chi connectivity index (χ1v) is 11.3. The molecule has 0 saturated carbocycles. The Balaban J connectivity index is 1.43. The van der Waals surface area contributed by atoms with Crippen LogP contribution in [0.25, 0.3) is 5.82 Å². The van der Waals surface area contributed by atoms with Gasteiger partial charge in [0, 0.05) is 37.1 Å². The number of carbonyl (C=O) groups excluding carboxylic acids is 1. The van der Waals surface area contributed by atoms with Crippen molar-refractivity contribution in [3.05, 3.63) is 71.4 Å². The average Bonchev–Trinajstić information content (AvgIpc) is 3.46. The number of halogens is 1. The average molecular weight is 446 g/mol. The number of sulfonamides is 1. The van der Waals surface area contributed by atoms with E-state index in [0.717, 1.165) is 18.4 Å². The summed E-state index contributed by atoms with van der Waals surface area (Å²) in [5.41, 5.74) is 1.16. The third-order valence-electron chi connectivity index (χ3n) is 4.87. The van der Waals surface area contributed by atoms with Crippen molar-refractivity contribution in [2.45, 2.75) is 24.3 Å². The summed E-state index contributed by atoms with van der Waals surface area (Å²) in [6.45, 7) is 1.43. The Kier molecular flexibility index (Phi) is 5.85. The van der Waals surface area contributed by atoms with Crippen molar-refractivity contribution >= 4 is 27.5 Å². The Morgan fingerprint density at radius 3 is 2.47 bits per heavy atom.